The molecular weight excluding hydrogens is 138 g/mol. The quantitative estimate of drug-likeness (QED) is 0.609. The normalized spacial score (nSPS) is 30.0. The SMILES string of the molecule is COCCCNC1CC(C)C1. The third-order valence-electron chi connectivity index (χ3n) is 2.33. The molecule has 2 heteroatoms. The molecule has 1 N–H and O–H groups in total. The van der Waals surface area contributed by atoms with Crippen LogP contribution < -0.4 is 5.32 Å². The Kier molecular flexibility index (Phi) is 3.87. The molecule has 1 fully saturated rings. The summed E-state index contributed by atoms with van der Waals surface area (Å²) in [4.78, 5) is 0. The summed E-state index contributed by atoms with van der Waals surface area (Å²) in [7, 11) is 1.76. The van der Waals surface area contributed by atoms with Crippen molar-refractivity contribution >= 4 is 0 Å². The minimum absolute atomic E-state index is 0.807. The van der Waals surface area contributed by atoms with Crippen molar-refractivity contribution in [1.82, 2.24) is 5.32 Å². The van der Waals surface area contributed by atoms with E-state index in [4.69, 9.17) is 4.74 Å². The molecule has 0 aromatic carbocycles. The number of ether oxygens (including phenoxy) is 1. The molecule has 2 nitrogen and oxygen atoms in total. The Morgan fingerprint density at radius 2 is 2.18 bits per heavy atom. The summed E-state index contributed by atoms with van der Waals surface area (Å²) in [5, 5.41) is 3.50. The second-order valence-electron chi connectivity index (χ2n) is 3.57. The molecule has 0 aromatic heterocycles. The summed E-state index contributed by atoms with van der Waals surface area (Å²) >= 11 is 0. The molecular formula is C9H19NO. The zero-order valence-corrected chi connectivity index (χ0v) is 7.60. The van der Waals surface area contributed by atoms with Gasteiger partial charge >= 0.3 is 0 Å². The van der Waals surface area contributed by atoms with Gasteiger partial charge in [0.1, 0.15) is 0 Å². The second-order valence-corrected chi connectivity index (χ2v) is 3.57. The van der Waals surface area contributed by atoms with Crippen molar-refractivity contribution in [3.63, 3.8) is 0 Å². The van der Waals surface area contributed by atoms with Crippen LogP contribution in [-0.2, 0) is 4.74 Å². The lowest BCUT2D eigenvalue weighted by molar-refractivity contribution is 0.185. The van der Waals surface area contributed by atoms with Crippen LogP contribution >= 0.6 is 0 Å². The highest BCUT2D eigenvalue weighted by Gasteiger charge is 2.23. The molecule has 11 heavy (non-hydrogen) atoms. The first-order valence-corrected chi connectivity index (χ1v) is 4.55. The third-order valence-corrected chi connectivity index (χ3v) is 2.33. The fourth-order valence-corrected chi connectivity index (χ4v) is 1.59. The molecule has 0 radical (unpaired) electrons. The highest BCUT2D eigenvalue weighted by molar-refractivity contribution is 4.81. The summed E-state index contributed by atoms with van der Waals surface area (Å²) in [5.41, 5.74) is 0. The van der Waals surface area contributed by atoms with Crippen molar-refractivity contribution in [3.8, 4) is 0 Å². The summed E-state index contributed by atoms with van der Waals surface area (Å²) in [5.74, 6) is 0.954. The van der Waals surface area contributed by atoms with Gasteiger partial charge in [0.15, 0.2) is 0 Å². The van der Waals surface area contributed by atoms with Gasteiger partial charge in [0.05, 0.1) is 0 Å². The average molecular weight is 157 g/mol. The van der Waals surface area contributed by atoms with E-state index < -0.39 is 0 Å². The molecule has 1 aliphatic carbocycles. The topological polar surface area (TPSA) is 21.3 Å². The van der Waals surface area contributed by atoms with Gasteiger partial charge in [-0.05, 0) is 31.7 Å². The van der Waals surface area contributed by atoms with Gasteiger partial charge in [-0.15, -0.1) is 0 Å². The van der Waals surface area contributed by atoms with E-state index in [1.807, 2.05) is 0 Å². The van der Waals surface area contributed by atoms with Gasteiger partial charge in [-0.2, -0.15) is 0 Å². The molecule has 0 aliphatic heterocycles. The molecule has 0 bridgehead atoms. The Balaban J connectivity index is 1.81. The fraction of sp³-hybridized carbons (Fsp3) is 1.00. The molecule has 0 spiro atoms. The molecule has 0 aromatic rings. The smallest absolute Gasteiger partial charge is 0.0474 e. The van der Waals surface area contributed by atoms with Crippen LogP contribution in [0.25, 0.3) is 0 Å². The molecule has 1 rings (SSSR count). The zero-order valence-electron chi connectivity index (χ0n) is 7.60. The monoisotopic (exact) mass is 157 g/mol. The highest BCUT2D eigenvalue weighted by atomic mass is 16.5. The van der Waals surface area contributed by atoms with Gasteiger partial charge in [-0.25, -0.2) is 0 Å². The molecule has 0 saturated heterocycles. The van der Waals surface area contributed by atoms with Crippen LogP contribution in [0.5, 0.6) is 0 Å². The van der Waals surface area contributed by atoms with E-state index in [1.54, 1.807) is 7.11 Å². The number of rotatable bonds is 5. The summed E-state index contributed by atoms with van der Waals surface area (Å²) in [6.07, 6.45) is 3.88. The number of hydrogen-bond acceptors (Lipinski definition) is 2. The predicted octanol–water partition coefficient (Wildman–Crippen LogP) is 1.41. The molecule has 0 unspecified atom stereocenters. The minimum Gasteiger partial charge on any atom is -0.385 e. The first-order chi connectivity index (χ1) is 5.33. The van der Waals surface area contributed by atoms with Crippen molar-refractivity contribution in [2.45, 2.75) is 32.2 Å². The van der Waals surface area contributed by atoms with E-state index in [1.165, 1.54) is 12.8 Å². The van der Waals surface area contributed by atoms with E-state index in [-0.39, 0.29) is 0 Å². The number of hydrogen-bond donors (Lipinski definition) is 1. The second kappa shape index (κ2) is 4.73. The van der Waals surface area contributed by atoms with Crippen molar-refractivity contribution in [3.05, 3.63) is 0 Å². The van der Waals surface area contributed by atoms with Crippen LogP contribution in [0.4, 0.5) is 0 Å². The molecule has 0 heterocycles. The lowest BCUT2D eigenvalue weighted by Crippen LogP contribution is -2.40. The van der Waals surface area contributed by atoms with Gasteiger partial charge in [0.2, 0.25) is 0 Å². The summed E-state index contributed by atoms with van der Waals surface area (Å²) < 4.78 is 4.96. The van der Waals surface area contributed by atoms with Gasteiger partial charge in [-0.1, -0.05) is 6.92 Å². The van der Waals surface area contributed by atoms with Gasteiger partial charge in [0.25, 0.3) is 0 Å². The highest BCUT2D eigenvalue weighted by Crippen LogP contribution is 2.25. The Bertz CT molecular complexity index is 99.7. The third kappa shape index (κ3) is 3.21. The first-order valence-electron chi connectivity index (χ1n) is 4.55. The number of nitrogens with one attached hydrogen (secondary N) is 1. The molecule has 1 saturated carbocycles. The molecule has 0 atom stereocenters. The van der Waals surface area contributed by atoms with Crippen molar-refractivity contribution in [2.75, 3.05) is 20.3 Å². The van der Waals surface area contributed by atoms with Crippen LogP contribution in [0.1, 0.15) is 26.2 Å². The Morgan fingerprint density at radius 1 is 1.45 bits per heavy atom. The van der Waals surface area contributed by atoms with E-state index in [9.17, 15) is 0 Å². The van der Waals surface area contributed by atoms with Crippen LogP contribution in [0.2, 0.25) is 0 Å². The summed E-state index contributed by atoms with van der Waals surface area (Å²) in [6.45, 7) is 4.31. The van der Waals surface area contributed by atoms with E-state index in [0.717, 1.165) is 31.5 Å². The average Bonchev–Trinajstić information content (AvgIpc) is 1.94. The predicted molar refractivity (Wildman–Crippen MR) is 46.7 cm³/mol. The molecule has 0 amide bonds. The van der Waals surface area contributed by atoms with Gasteiger partial charge < -0.3 is 10.1 Å². The summed E-state index contributed by atoms with van der Waals surface area (Å²) in [6, 6.07) is 0.807. The maximum Gasteiger partial charge on any atom is 0.0474 e. The zero-order chi connectivity index (χ0) is 8.10. The van der Waals surface area contributed by atoms with E-state index in [0.29, 0.717) is 0 Å². The maximum atomic E-state index is 4.96. The lowest BCUT2D eigenvalue weighted by atomic mass is 9.82. The van der Waals surface area contributed by atoms with Gasteiger partial charge in [-0.3, -0.25) is 0 Å². The van der Waals surface area contributed by atoms with Crippen LogP contribution in [-0.4, -0.2) is 26.3 Å². The lowest BCUT2D eigenvalue weighted by Gasteiger charge is -2.33. The van der Waals surface area contributed by atoms with Gasteiger partial charge in [0, 0.05) is 19.8 Å². The minimum atomic E-state index is 0.807. The van der Waals surface area contributed by atoms with Crippen LogP contribution in [0.15, 0.2) is 0 Å². The Hall–Kier alpha value is -0.0800. The standard InChI is InChI=1S/C9H19NO/c1-8-6-9(7-8)10-4-3-5-11-2/h8-10H,3-7H2,1-2H3. The first kappa shape index (κ1) is 9.01. The fourth-order valence-electron chi connectivity index (χ4n) is 1.59. The molecule has 66 valence electrons. The maximum absolute atomic E-state index is 4.96. The number of methoxy groups -OCH3 is 1. The van der Waals surface area contributed by atoms with E-state index in [2.05, 4.69) is 12.2 Å². The van der Waals surface area contributed by atoms with Crippen LogP contribution in [0, 0.1) is 5.92 Å². The van der Waals surface area contributed by atoms with Crippen molar-refractivity contribution in [1.29, 1.82) is 0 Å². The largest absolute Gasteiger partial charge is 0.385 e. The molecule has 1 aliphatic rings. The Morgan fingerprint density at radius 3 is 2.73 bits per heavy atom. The van der Waals surface area contributed by atoms with Crippen molar-refractivity contribution < 1.29 is 4.74 Å². The Labute approximate surface area is 69.3 Å². The van der Waals surface area contributed by atoms with E-state index >= 15 is 0 Å². The van der Waals surface area contributed by atoms with Crippen LogP contribution in [0.3, 0.4) is 0 Å². The van der Waals surface area contributed by atoms with Crippen molar-refractivity contribution in [2.24, 2.45) is 5.92 Å².